The molecule has 3 aliphatic rings. The molecule has 0 saturated carbocycles. The molecule has 0 radical (unpaired) electrons. The highest BCUT2D eigenvalue weighted by molar-refractivity contribution is 7.99. The van der Waals surface area contributed by atoms with E-state index in [0.29, 0.717) is 12.6 Å². The second-order valence-electron chi connectivity index (χ2n) is 7.92. The van der Waals surface area contributed by atoms with E-state index < -0.39 is 0 Å². The van der Waals surface area contributed by atoms with Crippen LogP contribution in [0.4, 0.5) is 4.79 Å². The number of hydrogen-bond acceptors (Lipinski definition) is 4. The molecule has 6 nitrogen and oxygen atoms in total. The van der Waals surface area contributed by atoms with Gasteiger partial charge in [-0.25, -0.2) is 9.78 Å². The molecule has 0 spiro atoms. The Balaban J connectivity index is 1.13. The minimum Gasteiger partial charge on any atom is -0.332 e. The van der Waals surface area contributed by atoms with Gasteiger partial charge < -0.3 is 14.8 Å². The van der Waals surface area contributed by atoms with Crippen molar-refractivity contribution >= 4 is 17.8 Å². The van der Waals surface area contributed by atoms with Gasteiger partial charge in [0, 0.05) is 50.7 Å². The van der Waals surface area contributed by atoms with Crippen LogP contribution in [0.25, 0.3) is 0 Å². The summed E-state index contributed by atoms with van der Waals surface area (Å²) in [6, 6.07) is 9.43. The van der Waals surface area contributed by atoms with Crippen LogP contribution in [0.2, 0.25) is 0 Å². The van der Waals surface area contributed by atoms with E-state index in [-0.39, 0.29) is 6.03 Å². The molecule has 2 aliphatic heterocycles. The first kappa shape index (κ1) is 18.1. The summed E-state index contributed by atoms with van der Waals surface area (Å²) in [6.07, 6.45) is 5.39. The van der Waals surface area contributed by atoms with Crippen molar-refractivity contribution in [2.24, 2.45) is 0 Å². The molecule has 1 aromatic carbocycles. The topological polar surface area (TPSA) is 53.4 Å². The fourth-order valence-corrected chi connectivity index (χ4v) is 5.59. The molecule has 2 amide bonds. The first-order valence-electron chi connectivity index (χ1n) is 10.3. The summed E-state index contributed by atoms with van der Waals surface area (Å²) in [4.78, 5) is 21.8. The third-order valence-electron chi connectivity index (χ3n) is 6.14. The van der Waals surface area contributed by atoms with Crippen molar-refractivity contribution in [3.05, 3.63) is 47.3 Å². The van der Waals surface area contributed by atoms with Crippen molar-refractivity contribution in [1.82, 2.24) is 24.7 Å². The number of urea groups is 1. The van der Waals surface area contributed by atoms with E-state index in [2.05, 4.69) is 50.2 Å². The Hall–Kier alpha value is -1.99. The van der Waals surface area contributed by atoms with Crippen LogP contribution in [0.3, 0.4) is 0 Å². The maximum Gasteiger partial charge on any atom is 0.317 e. The second-order valence-corrected chi connectivity index (χ2v) is 8.98. The first-order valence-corrected chi connectivity index (χ1v) is 11.3. The van der Waals surface area contributed by atoms with Crippen molar-refractivity contribution in [3.63, 3.8) is 0 Å². The van der Waals surface area contributed by atoms with Gasteiger partial charge in [0.2, 0.25) is 0 Å². The lowest BCUT2D eigenvalue weighted by molar-refractivity contribution is 0.188. The highest BCUT2D eigenvalue weighted by Crippen LogP contribution is 2.26. The van der Waals surface area contributed by atoms with Crippen LogP contribution in [0.15, 0.2) is 35.6 Å². The Kier molecular flexibility index (Phi) is 5.03. The van der Waals surface area contributed by atoms with Crippen molar-refractivity contribution in [2.45, 2.75) is 43.6 Å². The van der Waals surface area contributed by atoms with Gasteiger partial charge in [-0.1, -0.05) is 36.0 Å². The number of fused-ring (bicyclic) bond motifs is 2. The number of amides is 2. The molecule has 148 valence electrons. The van der Waals surface area contributed by atoms with Gasteiger partial charge in [0.25, 0.3) is 0 Å². The quantitative estimate of drug-likeness (QED) is 0.864. The van der Waals surface area contributed by atoms with Crippen LogP contribution >= 0.6 is 11.8 Å². The number of nitrogens with one attached hydrogen (secondary N) is 1. The Morgan fingerprint density at radius 3 is 2.71 bits per heavy atom. The number of benzene rings is 1. The highest BCUT2D eigenvalue weighted by atomic mass is 32.2. The molecular formula is C21H27N5OS. The normalized spacial score (nSPS) is 20.1. The molecule has 0 unspecified atom stereocenters. The molecule has 5 rings (SSSR count). The third-order valence-corrected chi connectivity index (χ3v) is 7.11. The van der Waals surface area contributed by atoms with Crippen molar-refractivity contribution in [2.75, 3.05) is 31.9 Å². The number of imidazole rings is 1. The fraction of sp³-hybridized carbons (Fsp3) is 0.524. The number of nitrogens with zero attached hydrogens (tertiary/aromatic N) is 4. The van der Waals surface area contributed by atoms with Crippen molar-refractivity contribution in [3.8, 4) is 0 Å². The minimum absolute atomic E-state index is 0.0392. The summed E-state index contributed by atoms with van der Waals surface area (Å²) in [7, 11) is 0. The zero-order chi connectivity index (χ0) is 18.9. The molecule has 1 aromatic heterocycles. The second kappa shape index (κ2) is 7.79. The Bertz CT molecular complexity index is 820. The number of thioether (sulfide) groups is 1. The van der Waals surface area contributed by atoms with E-state index in [9.17, 15) is 4.79 Å². The summed E-state index contributed by atoms with van der Waals surface area (Å²) in [5.41, 5.74) is 3.95. The molecule has 1 fully saturated rings. The Morgan fingerprint density at radius 1 is 1.11 bits per heavy atom. The van der Waals surface area contributed by atoms with E-state index in [1.807, 2.05) is 4.90 Å². The zero-order valence-electron chi connectivity index (χ0n) is 16.1. The average Bonchev–Trinajstić information content (AvgIpc) is 3.36. The molecule has 1 saturated heterocycles. The smallest absolute Gasteiger partial charge is 0.317 e. The number of aryl methyl sites for hydroxylation is 1. The van der Waals surface area contributed by atoms with Gasteiger partial charge in [-0.2, -0.15) is 0 Å². The average molecular weight is 398 g/mol. The van der Waals surface area contributed by atoms with E-state index in [1.165, 1.54) is 11.1 Å². The molecular weight excluding hydrogens is 370 g/mol. The van der Waals surface area contributed by atoms with Crippen molar-refractivity contribution < 1.29 is 4.79 Å². The lowest BCUT2D eigenvalue weighted by Crippen LogP contribution is -2.43. The molecule has 7 heteroatoms. The molecule has 1 aliphatic carbocycles. The lowest BCUT2D eigenvalue weighted by atomic mass is 10.1. The molecule has 2 aromatic rings. The van der Waals surface area contributed by atoms with Gasteiger partial charge >= 0.3 is 6.03 Å². The van der Waals surface area contributed by atoms with Crippen LogP contribution in [-0.4, -0.2) is 63.4 Å². The van der Waals surface area contributed by atoms with Crippen LogP contribution in [0.5, 0.6) is 0 Å². The summed E-state index contributed by atoms with van der Waals surface area (Å²) in [5.74, 6) is 1.10. The Labute approximate surface area is 170 Å². The van der Waals surface area contributed by atoms with Gasteiger partial charge in [-0.3, -0.25) is 4.90 Å². The molecule has 3 heterocycles. The number of carbonyl (C=O) groups is 1. The molecule has 28 heavy (non-hydrogen) atoms. The summed E-state index contributed by atoms with van der Waals surface area (Å²) in [6.45, 7) is 5.20. The number of rotatable bonds is 3. The minimum atomic E-state index is 0.0392. The maximum absolute atomic E-state index is 12.7. The van der Waals surface area contributed by atoms with Crippen LogP contribution in [0.1, 0.15) is 23.2 Å². The molecule has 0 atom stereocenters. The van der Waals surface area contributed by atoms with Gasteiger partial charge in [0.1, 0.15) is 0 Å². The van der Waals surface area contributed by atoms with Gasteiger partial charge in [-0.05, 0) is 30.4 Å². The maximum atomic E-state index is 12.7. The zero-order valence-corrected chi connectivity index (χ0v) is 17.0. The van der Waals surface area contributed by atoms with Gasteiger partial charge in [0.05, 0.1) is 12.2 Å². The standard InChI is InChI=1S/C21H27N5OS/c27-20(22-14-18-15-26-10-11-28-21(26)23-18)25-7-3-6-24(8-9-25)19-12-16-4-1-2-5-17(16)13-19/h1-2,4-5,15,19H,3,6-14H2,(H,22,27). The largest absolute Gasteiger partial charge is 0.332 e. The number of aromatic nitrogens is 2. The predicted octanol–water partition coefficient (Wildman–Crippen LogP) is 2.37. The van der Waals surface area contributed by atoms with E-state index >= 15 is 0 Å². The van der Waals surface area contributed by atoms with Gasteiger partial charge in [-0.15, -0.1) is 0 Å². The van der Waals surface area contributed by atoms with E-state index in [4.69, 9.17) is 0 Å². The van der Waals surface area contributed by atoms with Crippen LogP contribution in [-0.2, 0) is 25.9 Å². The molecule has 0 bridgehead atoms. The number of carbonyl (C=O) groups excluding carboxylic acids is 1. The third kappa shape index (κ3) is 3.65. The Morgan fingerprint density at radius 2 is 1.93 bits per heavy atom. The summed E-state index contributed by atoms with van der Waals surface area (Å²) < 4.78 is 2.18. The summed E-state index contributed by atoms with van der Waals surface area (Å²) in [5, 5.41) is 4.14. The lowest BCUT2D eigenvalue weighted by Gasteiger charge is -2.27. The number of hydrogen-bond donors (Lipinski definition) is 1. The molecule has 1 N–H and O–H groups in total. The predicted molar refractivity (Wildman–Crippen MR) is 111 cm³/mol. The monoisotopic (exact) mass is 397 g/mol. The SMILES string of the molecule is O=C(NCc1cn2c(n1)SCC2)N1CCCN(C2Cc3ccccc3C2)CC1. The van der Waals surface area contributed by atoms with Gasteiger partial charge in [0.15, 0.2) is 5.16 Å². The van der Waals surface area contributed by atoms with Crippen molar-refractivity contribution in [1.29, 1.82) is 0 Å². The van der Waals surface area contributed by atoms with Crippen LogP contribution in [0, 0.1) is 0 Å². The van der Waals surface area contributed by atoms with E-state index in [1.54, 1.807) is 11.8 Å². The van der Waals surface area contributed by atoms with E-state index in [0.717, 1.165) is 68.6 Å². The first-order chi connectivity index (χ1) is 13.8. The highest BCUT2D eigenvalue weighted by Gasteiger charge is 2.29. The summed E-state index contributed by atoms with van der Waals surface area (Å²) >= 11 is 1.78. The van der Waals surface area contributed by atoms with Crippen LogP contribution < -0.4 is 5.32 Å². The fourth-order valence-electron chi connectivity index (χ4n) is 4.62.